The lowest BCUT2D eigenvalue weighted by Crippen LogP contribution is -2.56. The average Bonchev–Trinajstić information content (AvgIpc) is 2.60. The number of nitrogens with zero attached hydrogens (tertiary/aromatic N) is 2. The van der Waals surface area contributed by atoms with Crippen molar-refractivity contribution in [3.8, 4) is 0 Å². The molecule has 25 heavy (non-hydrogen) atoms. The Morgan fingerprint density at radius 2 is 2.00 bits per heavy atom. The molecule has 2 amide bonds. The van der Waals surface area contributed by atoms with Crippen LogP contribution in [-0.2, 0) is 16.1 Å². The maximum atomic E-state index is 12.7. The molecule has 1 aliphatic rings. The van der Waals surface area contributed by atoms with E-state index < -0.39 is 6.04 Å². The molecule has 0 bridgehead atoms. The molecule has 1 aromatic rings. The van der Waals surface area contributed by atoms with Crippen LogP contribution in [0.4, 0.5) is 0 Å². The van der Waals surface area contributed by atoms with Crippen LogP contribution in [0.1, 0.15) is 44.2 Å². The van der Waals surface area contributed by atoms with E-state index in [0.717, 1.165) is 19.4 Å². The lowest BCUT2D eigenvalue weighted by molar-refractivity contribution is -0.139. The number of rotatable bonds is 7. The molecule has 2 rings (SSSR count). The van der Waals surface area contributed by atoms with Gasteiger partial charge in [-0.2, -0.15) is 0 Å². The van der Waals surface area contributed by atoms with Crippen molar-refractivity contribution in [3.63, 3.8) is 0 Å². The van der Waals surface area contributed by atoms with E-state index in [2.05, 4.69) is 43.1 Å². The number of hydrogen-bond acceptors (Lipinski definition) is 3. The van der Waals surface area contributed by atoms with Gasteiger partial charge in [-0.3, -0.25) is 14.5 Å². The van der Waals surface area contributed by atoms with Crippen molar-refractivity contribution in [2.75, 3.05) is 20.1 Å². The largest absolute Gasteiger partial charge is 0.353 e. The van der Waals surface area contributed by atoms with E-state index >= 15 is 0 Å². The first-order chi connectivity index (χ1) is 12.0. The first-order valence-electron chi connectivity index (χ1n) is 9.29. The van der Waals surface area contributed by atoms with Crippen LogP contribution in [0.15, 0.2) is 24.3 Å². The van der Waals surface area contributed by atoms with Crippen LogP contribution < -0.4 is 5.32 Å². The molecular weight excluding hydrogens is 314 g/mol. The zero-order valence-corrected chi connectivity index (χ0v) is 15.9. The zero-order valence-electron chi connectivity index (χ0n) is 15.9. The minimum absolute atomic E-state index is 0.0360. The standard InChI is InChI=1S/C20H31N3O2/c1-5-17(6-2)22(4)19(24)13-18-20(25)21-11-12-23(18)14-16-10-8-7-9-15(16)3/h7-10,17-18H,5-6,11-14H2,1-4H3,(H,21,25)/t18-/m1/s1. The van der Waals surface area contributed by atoms with E-state index in [9.17, 15) is 9.59 Å². The number of aryl methyl sites for hydroxylation is 1. The summed E-state index contributed by atoms with van der Waals surface area (Å²) < 4.78 is 0. The highest BCUT2D eigenvalue weighted by Gasteiger charge is 2.33. The van der Waals surface area contributed by atoms with Gasteiger partial charge in [-0.05, 0) is 30.9 Å². The van der Waals surface area contributed by atoms with E-state index in [1.54, 1.807) is 0 Å². The van der Waals surface area contributed by atoms with E-state index in [0.29, 0.717) is 13.1 Å². The number of benzene rings is 1. The van der Waals surface area contributed by atoms with Crippen molar-refractivity contribution in [2.45, 2.75) is 58.7 Å². The van der Waals surface area contributed by atoms with Crippen LogP contribution >= 0.6 is 0 Å². The van der Waals surface area contributed by atoms with Gasteiger partial charge in [0.05, 0.1) is 12.5 Å². The number of carbonyl (C=O) groups excluding carboxylic acids is 2. The molecule has 0 unspecified atom stereocenters. The second-order valence-electron chi connectivity index (χ2n) is 6.88. The number of amides is 2. The van der Waals surface area contributed by atoms with Gasteiger partial charge >= 0.3 is 0 Å². The molecule has 138 valence electrons. The summed E-state index contributed by atoms with van der Waals surface area (Å²) in [6.07, 6.45) is 2.11. The topological polar surface area (TPSA) is 52.7 Å². The Bertz CT molecular complexity index is 598. The summed E-state index contributed by atoms with van der Waals surface area (Å²) in [6.45, 7) is 8.38. The molecule has 0 spiro atoms. The summed E-state index contributed by atoms with van der Waals surface area (Å²) in [6, 6.07) is 8.07. The molecule has 5 heteroatoms. The van der Waals surface area contributed by atoms with Crippen LogP contribution in [-0.4, -0.2) is 53.8 Å². The summed E-state index contributed by atoms with van der Waals surface area (Å²) in [5, 5.41) is 2.91. The fraction of sp³-hybridized carbons (Fsp3) is 0.600. The highest BCUT2D eigenvalue weighted by molar-refractivity contribution is 5.88. The molecule has 0 radical (unpaired) electrons. The highest BCUT2D eigenvalue weighted by Crippen LogP contribution is 2.18. The van der Waals surface area contributed by atoms with Crippen molar-refractivity contribution in [3.05, 3.63) is 35.4 Å². The molecule has 1 aromatic carbocycles. The van der Waals surface area contributed by atoms with Crippen LogP contribution in [0, 0.1) is 6.92 Å². The van der Waals surface area contributed by atoms with Gasteiger partial charge < -0.3 is 10.2 Å². The minimum atomic E-state index is -0.391. The summed E-state index contributed by atoms with van der Waals surface area (Å²) in [5.41, 5.74) is 2.43. The third kappa shape index (κ3) is 4.82. The minimum Gasteiger partial charge on any atom is -0.353 e. The summed E-state index contributed by atoms with van der Waals surface area (Å²) in [4.78, 5) is 29.1. The molecular formula is C20H31N3O2. The molecule has 0 saturated carbocycles. The van der Waals surface area contributed by atoms with Crippen molar-refractivity contribution in [2.24, 2.45) is 0 Å². The molecule has 1 aliphatic heterocycles. The first kappa shape index (κ1) is 19.4. The van der Waals surface area contributed by atoms with Crippen LogP contribution in [0.25, 0.3) is 0 Å². The zero-order chi connectivity index (χ0) is 18.4. The average molecular weight is 345 g/mol. The van der Waals surface area contributed by atoms with Gasteiger partial charge in [0.2, 0.25) is 11.8 Å². The second kappa shape index (κ2) is 8.99. The quantitative estimate of drug-likeness (QED) is 0.825. The SMILES string of the molecule is CCC(CC)N(C)C(=O)C[C@@H]1C(=O)NCCN1Cc1ccccc1C. The maximum Gasteiger partial charge on any atom is 0.237 e. The van der Waals surface area contributed by atoms with E-state index in [4.69, 9.17) is 0 Å². The van der Waals surface area contributed by atoms with Crippen LogP contribution in [0.5, 0.6) is 0 Å². The molecule has 1 N–H and O–H groups in total. The third-order valence-electron chi connectivity index (χ3n) is 5.33. The Kier molecular flexibility index (Phi) is 7.00. The molecule has 1 saturated heterocycles. The van der Waals surface area contributed by atoms with Gasteiger partial charge in [0.15, 0.2) is 0 Å². The van der Waals surface area contributed by atoms with Gasteiger partial charge in [0.1, 0.15) is 0 Å². The lowest BCUT2D eigenvalue weighted by atomic mass is 10.0. The predicted octanol–water partition coefficient (Wildman–Crippen LogP) is 2.33. The van der Waals surface area contributed by atoms with Crippen LogP contribution in [0.3, 0.4) is 0 Å². The van der Waals surface area contributed by atoms with E-state index in [1.165, 1.54) is 11.1 Å². The second-order valence-corrected chi connectivity index (χ2v) is 6.88. The van der Waals surface area contributed by atoms with Crippen molar-refractivity contribution >= 4 is 11.8 Å². The molecule has 1 atom stereocenters. The number of nitrogens with one attached hydrogen (secondary N) is 1. The summed E-state index contributed by atoms with van der Waals surface area (Å²) in [7, 11) is 1.85. The Hall–Kier alpha value is -1.88. The number of hydrogen-bond donors (Lipinski definition) is 1. The monoisotopic (exact) mass is 345 g/mol. The van der Waals surface area contributed by atoms with Gasteiger partial charge in [0, 0.05) is 32.7 Å². The van der Waals surface area contributed by atoms with Gasteiger partial charge in [0.25, 0.3) is 0 Å². The summed E-state index contributed by atoms with van der Waals surface area (Å²) >= 11 is 0. The maximum absolute atomic E-state index is 12.7. The normalized spacial score (nSPS) is 18.3. The molecule has 0 aromatic heterocycles. The van der Waals surface area contributed by atoms with E-state index in [-0.39, 0.29) is 24.3 Å². The van der Waals surface area contributed by atoms with Gasteiger partial charge in [-0.15, -0.1) is 0 Å². The third-order valence-corrected chi connectivity index (χ3v) is 5.33. The molecule has 1 fully saturated rings. The Balaban J connectivity index is 2.10. The van der Waals surface area contributed by atoms with E-state index in [1.807, 2.05) is 24.1 Å². The fourth-order valence-corrected chi connectivity index (χ4v) is 3.53. The molecule has 1 heterocycles. The Morgan fingerprint density at radius 1 is 1.32 bits per heavy atom. The number of piperazine rings is 1. The Morgan fingerprint density at radius 3 is 2.64 bits per heavy atom. The lowest BCUT2D eigenvalue weighted by Gasteiger charge is -2.36. The smallest absolute Gasteiger partial charge is 0.237 e. The van der Waals surface area contributed by atoms with Crippen molar-refractivity contribution in [1.29, 1.82) is 0 Å². The van der Waals surface area contributed by atoms with Gasteiger partial charge in [-0.1, -0.05) is 38.1 Å². The van der Waals surface area contributed by atoms with Crippen molar-refractivity contribution < 1.29 is 9.59 Å². The highest BCUT2D eigenvalue weighted by atomic mass is 16.2. The van der Waals surface area contributed by atoms with Gasteiger partial charge in [-0.25, -0.2) is 0 Å². The summed E-state index contributed by atoms with van der Waals surface area (Å²) in [5.74, 6) is 0.0108. The number of carbonyl (C=O) groups is 2. The van der Waals surface area contributed by atoms with Crippen LogP contribution in [0.2, 0.25) is 0 Å². The Labute approximate surface area is 151 Å². The van der Waals surface area contributed by atoms with Crippen molar-refractivity contribution in [1.82, 2.24) is 15.1 Å². The molecule has 5 nitrogen and oxygen atoms in total. The fourth-order valence-electron chi connectivity index (χ4n) is 3.53. The first-order valence-corrected chi connectivity index (χ1v) is 9.29. The predicted molar refractivity (Wildman–Crippen MR) is 100 cm³/mol. The molecule has 0 aliphatic carbocycles.